The Labute approximate surface area is 151 Å². The van der Waals surface area contributed by atoms with Crippen LogP contribution < -0.4 is 4.74 Å². The lowest BCUT2D eigenvalue weighted by Crippen LogP contribution is -2.00. The molecule has 3 nitrogen and oxygen atoms in total. The first-order chi connectivity index (χ1) is 12.2. The van der Waals surface area contributed by atoms with E-state index in [9.17, 15) is 9.90 Å². The van der Waals surface area contributed by atoms with Gasteiger partial charge >= 0.3 is 5.97 Å². The monoisotopic (exact) mass is 352 g/mol. The van der Waals surface area contributed by atoms with Crippen LogP contribution >= 0.6 is 11.3 Å². The number of benzene rings is 2. The van der Waals surface area contributed by atoms with E-state index in [4.69, 9.17) is 4.74 Å². The van der Waals surface area contributed by atoms with Crippen molar-refractivity contribution in [2.75, 3.05) is 0 Å². The highest BCUT2D eigenvalue weighted by molar-refractivity contribution is 7.12. The summed E-state index contributed by atoms with van der Waals surface area (Å²) in [6, 6.07) is 17.6. The predicted molar refractivity (Wildman–Crippen MR) is 101 cm³/mol. The summed E-state index contributed by atoms with van der Waals surface area (Å²) in [5.74, 6) is -0.176. The van der Waals surface area contributed by atoms with E-state index >= 15 is 0 Å². The summed E-state index contributed by atoms with van der Waals surface area (Å²) in [7, 11) is 0. The van der Waals surface area contributed by atoms with Gasteiger partial charge in [-0.25, -0.2) is 4.79 Å². The summed E-state index contributed by atoms with van der Waals surface area (Å²) in [6.45, 7) is 2.55. The number of rotatable bonds is 7. The smallest absolute Gasteiger partial charge is 0.346 e. The average Bonchev–Trinajstić information content (AvgIpc) is 3.05. The fourth-order valence-corrected chi connectivity index (χ4v) is 3.79. The fraction of sp³-hybridized carbons (Fsp3) is 0.190. The molecule has 0 saturated carbocycles. The first kappa shape index (κ1) is 17.2. The minimum Gasteiger partial charge on any atom is -0.488 e. The number of aromatic carboxylic acids is 1. The maximum Gasteiger partial charge on any atom is 0.346 e. The molecule has 0 saturated heterocycles. The van der Waals surface area contributed by atoms with Crippen LogP contribution in [0.5, 0.6) is 5.75 Å². The Kier molecular flexibility index (Phi) is 5.51. The van der Waals surface area contributed by atoms with Crippen molar-refractivity contribution in [3.63, 3.8) is 0 Å². The molecule has 0 radical (unpaired) electrons. The van der Waals surface area contributed by atoms with Gasteiger partial charge in [0.1, 0.15) is 17.2 Å². The number of thiophene rings is 1. The molecular weight excluding hydrogens is 332 g/mol. The highest BCUT2D eigenvalue weighted by atomic mass is 32.1. The summed E-state index contributed by atoms with van der Waals surface area (Å²) in [6.07, 6.45) is 1.82. The molecule has 3 aromatic rings. The van der Waals surface area contributed by atoms with Crippen LogP contribution in [0.3, 0.4) is 0 Å². The van der Waals surface area contributed by atoms with Gasteiger partial charge in [0.2, 0.25) is 0 Å². The number of hydrogen-bond acceptors (Lipinski definition) is 3. The van der Waals surface area contributed by atoms with Crippen molar-refractivity contribution in [2.24, 2.45) is 0 Å². The Morgan fingerprint density at radius 3 is 2.52 bits per heavy atom. The van der Waals surface area contributed by atoms with E-state index in [-0.39, 0.29) is 0 Å². The SMILES string of the molecule is CCCc1csc(C(=O)O)c1-c1ccccc1OCc1ccccc1. The number of carboxylic acids is 1. The van der Waals surface area contributed by atoms with E-state index in [0.717, 1.165) is 35.1 Å². The van der Waals surface area contributed by atoms with Gasteiger partial charge in [-0.3, -0.25) is 0 Å². The molecule has 4 heteroatoms. The lowest BCUT2D eigenvalue weighted by Gasteiger charge is -2.13. The molecule has 1 heterocycles. The zero-order chi connectivity index (χ0) is 17.6. The second-order valence-electron chi connectivity index (χ2n) is 5.79. The highest BCUT2D eigenvalue weighted by Crippen LogP contribution is 2.39. The Morgan fingerprint density at radius 2 is 1.80 bits per heavy atom. The molecule has 1 N–H and O–H groups in total. The van der Waals surface area contributed by atoms with Gasteiger partial charge in [-0.05, 0) is 29.0 Å². The van der Waals surface area contributed by atoms with Crippen LogP contribution in [-0.4, -0.2) is 11.1 Å². The Balaban J connectivity index is 1.98. The first-order valence-corrected chi connectivity index (χ1v) is 9.18. The molecule has 0 spiro atoms. The minimum atomic E-state index is -0.889. The van der Waals surface area contributed by atoms with Crippen molar-refractivity contribution in [3.05, 3.63) is 76.0 Å². The van der Waals surface area contributed by atoms with E-state index in [1.807, 2.05) is 60.0 Å². The van der Waals surface area contributed by atoms with Crippen molar-refractivity contribution in [2.45, 2.75) is 26.4 Å². The summed E-state index contributed by atoms with van der Waals surface area (Å²) < 4.78 is 6.03. The zero-order valence-electron chi connectivity index (χ0n) is 14.1. The second-order valence-corrected chi connectivity index (χ2v) is 6.67. The molecule has 128 valence electrons. The molecule has 0 aliphatic rings. The third-order valence-electron chi connectivity index (χ3n) is 3.97. The molecule has 0 amide bonds. The van der Waals surface area contributed by atoms with Gasteiger partial charge in [-0.1, -0.05) is 61.9 Å². The number of aryl methyl sites for hydroxylation is 1. The maximum absolute atomic E-state index is 11.7. The quantitative estimate of drug-likeness (QED) is 0.598. The van der Waals surface area contributed by atoms with Crippen molar-refractivity contribution < 1.29 is 14.6 Å². The molecular formula is C21H20O3S. The van der Waals surface area contributed by atoms with Crippen LogP contribution in [0.15, 0.2) is 60.0 Å². The third-order valence-corrected chi connectivity index (χ3v) is 4.99. The lowest BCUT2D eigenvalue weighted by atomic mass is 9.98. The predicted octanol–water partition coefficient (Wildman–Crippen LogP) is 5.64. The molecule has 1 aromatic heterocycles. The zero-order valence-corrected chi connectivity index (χ0v) is 14.9. The lowest BCUT2D eigenvalue weighted by molar-refractivity contribution is 0.0703. The molecule has 3 rings (SSSR count). The van der Waals surface area contributed by atoms with Crippen molar-refractivity contribution in [1.82, 2.24) is 0 Å². The molecule has 0 bridgehead atoms. The average molecular weight is 352 g/mol. The molecule has 2 aromatic carbocycles. The number of ether oxygens (including phenoxy) is 1. The molecule has 25 heavy (non-hydrogen) atoms. The largest absolute Gasteiger partial charge is 0.488 e. The maximum atomic E-state index is 11.7. The van der Waals surface area contributed by atoms with Gasteiger partial charge in [0.25, 0.3) is 0 Å². The topological polar surface area (TPSA) is 46.5 Å². The Bertz CT molecular complexity index is 853. The standard InChI is InChI=1S/C21H20O3S/c1-2-8-16-14-25-20(21(22)23)19(16)17-11-6-7-12-18(17)24-13-15-9-4-3-5-10-15/h3-7,9-12,14H,2,8,13H2,1H3,(H,22,23). The second kappa shape index (κ2) is 7.99. The third kappa shape index (κ3) is 3.91. The van der Waals surface area contributed by atoms with Gasteiger partial charge in [-0.15, -0.1) is 11.3 Å². The number of carbonyl (C=O) groups is 1. The number of hydrogen-bond donors (Lipinski definition) is 1. The van der Waals surface area contributed by atoms with Gasteiger partial charge in [0.15, 0.2) is 0 Å². The first-order valence-electron chi connectivity index (χ1n) is 8.30. The molecule has 0 aliphatic carbocycles. The van der Waals surface area contributed by atoms with E-state index < -0.39 is 5.97 Å². The summed E-state index contributed by atoms with van der Waals surface area (Å²) in [5, 5.41) is 11.5. The van der Waals surface area contributed by atoms with Gasteiger partial charge < -0.3 is 9.84 Å². The number of carboxylic acid groups (broad SMARTS) is 1. The van der Waals surface area contributed by atoms with Gasteiger partial charge in [-0.2, -0.15) is 0 Å². The number of para-hydroxylation sites is 1. The molecule has 0 fully saturated rings. The van der Waals surface area contributed by atoms with Crippen LogP contribution in [-0.2, 0) is 13.0 Å². The van der Waals surface area contributed by atoms with Crippen LogP contribution in [0.4, 0.5) is 0 Å². The molecule has 0 unspecified atom stereocenters. The van der Waals surface area contributed by atoms with E-state index in [1.165, 1.54) is 11.3 Å². The summed E-state index contributed by atoms with van der Waals surface area (Å²) in [4.78, 5) is 12.0. The molecule has 0 aliphatic heterocycles. The Morgan fingerprint density at radius 1 is 1.08 bits per heavy atom. The normalized spacial score (nSPS) is 10.6. The highest BCUT2D eigenvalue weighted by Gasteiger charge is 2.21. The van der Waals surface area contributed by atoms with Gasteiger partial charge in [0.05, 0.1) is 0 Å². The summed E-state index contributed by atoms with van der Waals surface area (Å²) >= 11 is 1.29. The van der Waals surface area contributed by atoms with E-state index in [0.29, 0.717) is 17.2 Å². The van der Waals surface area contributed by atoms with Crippen LogP contribution in [0.2, 0.25) is 0 Å². The van der Waals surface area contributed by atoms with Crippen molar-refractivity contribution >= 4 is 17.3 Å². The van der Waals surface area contributed by atoms with Crippen LogP contribution in [0, 0.1) is 0 Å². The van der Waals surface area contributed by atoms with E-state index in [2.05, 4.69) is 6.92 Å². The summed E-state index contributed by atoms with van der Waals surface area (Å²) in [5.41, 5.74) is 3.79. The van der Waals surface area contributed by atoms with Crippen molar-refractivity contribution in [1.29, 1.82) is 0 Å². The van der Waals surface area contributed by atoms with Gasteiger partial charge in [0, 0.05) is 11.1 Å². The minimum absolute atomic E-state index is 0.374. The van der Waals surface area contributed by atoms with Crippen LogP contribution in [0.25, 0.3) is 11.1 Å². The molecule has 0 atom stereocenters. The van der Waals surface area contributed by atoms with Crippen LogP contribution in [0.1, 0.15) is 34.1 Å². The Hall–Kier alpha value is -2.59. The fourth-order valence-electron chi connectivity index (χ4n) is 2.83. The van der Waals surface area contributed by atoms with Crippen molar-refractivity contribution in [3.8, 4) is 16.9 Å². The van der Waals surface area contributed by atoms with E-state index in [1.54, 1.807) is 0 Å².